The summed E-state index contributed by atoms with van der Waals surface area (Å²) in [5, 5.41) is 0. The van der Waals surface area contributed by atoms with Gasteiger partial charge in [-0.1, -0.05) is 40.2 Å². The largest absolute Gasteiger partial charge is 0.485 e. The number of benzene rings is 2. The van der Waals surface area contributed by atoms with Crippen LogP contribution in [0, 0.1) is 0 Å². The van der Waals surface area contributed by atoms with Crippen LogP contribution in [0.25, 0.3) is 0 Å². The van der Waals surface area contributed by atoms with Gasteiger partial charge in [-0.2, -0.15) is 0 Å². The average Bonchev–Trinajstić information content (AvgIpc) is 2.72. The molecule has 0 spiro atoms. The molecule has 0 aliphatic carbocycles. The smallest absolute Gasteiger partial charge is 0.165 e. The van der Waals surface area contributed by atoms with Gasteiger partial charge in [-0.25, -0.2) is 0 Å². The van der Waals surface area contributed by atoms with Crippen LogP contribution in [-0.4, -0.2) is 5.60 Å². The predicted molar refractivity (Wildman–Crippen MR) is 83.3 cm³/mol. The second-order valence-corrected chi connectivity index (χ2v) is 6.61. The van der Waals surface area contributed by atoms with Crippen molar-refractivity contribution in [2.24, 2.45) is 0 Å². The van der Waals surface area contributed by atoms with E-state index in [1.165, 1.54) is 5.56 Å². The highest BCUT2D eigenvalue weighted by Crippen LogP contribution is 2.41. The molecule has 0 unspecified atom stereocenters. The highest BCUT2D eigenvalue weighted by Gasteiger charge is 2.32. The maximum Gasteiger partial charge on any atom is 0.165 e. The molecule has 1 aliphatic rings. The van der Waals surface area contributed by atoms with Crippen molar-refractivity contribution in [2.45, 2.75) is 32.5 Å². The predicted octanol–water partition coefficient (Wildman–Crippen LogP) is 4.74. The van der Waals surface area contributed by atoms with Gasteiger partial charge in [0.25, 0.3) is 0 Å². The van der Waals surface area contributed by atoms with Crippen molar-refractivity contribution in [1.29, 1.82) is 0 Å². The van der Waals surface area contributed by atoms with E-state index >= 15 is 0 Å². The molecule has 0 saturated heterocycles. The Morgan fingerprint density at radius 1 is 1.15 bits per heavy atom. The second-order valence-electron chi connectivity index (χ2n) is 5.70. The van der Waals surface area contributed by atoms with Crippen LogP contribution in [0.15, 0.2) is 46.9 Å². The average molecular weight is 333 g/mol. The number of hydrogen-bond donors (Lipinski definition) is 0. The minimum absolute atomic E-state index is 0.139. The SMILES string of the molecule is CC1(C)Cc2cccc(OCc3ccc(Br)cc3)c2O1. The first-order chi connectivity index (χ1) is 9.53. The minimum Gasteiger partial charge on any atom is -0.485 e. The van der Waals surface area contributed by atoms with Gasteiger partial charge in [0.1, 0.15) is 12.2 Å². The van der Waals surface area contributed by atoms with Gasteiger partial charge in [-0.05, 0) is 37.6 Å². The van der Waals surface area contributed by atoms with Gasteiger partial charge in [0, 0.05) is 16.5 Å². The van der Waals surface area contributed by atoms with E-state index in [1.807, 2.05) is 24.3 Å². The Morgan fingerprint density at radius 3 is 2.65 bits per heavy atom. The molecule has 20 heavy (non-hydrogen) atoms. The van der Waals surface area contributed by atoms with Crippen LogP contribution in [-0.2, 0) is 13.0 Å². The maximum atomic E-state index is 6.00. The third kappa shape index (κ3) is 2.83. The first-order valence-electron chi connectivity index (χ1n) is 6.72. The van der Waals surface area contributed by atoms with Crippen molar-refractivity contribution < 1.29 is 9.47 Å². The van der Waals surface area contributed by atoms with Gasteiger partial charge in [-0.3, -0.25) is 0 Å². The lowest BCUT2D eigenvalue weighted by molar-refractivity contribution is 0.131. The van der Waals surface area contributed by atoms with Crippen LogP contribution < -0.4 is 9.47 Å². The zero-order valence-corrected chi connectivity index (χ0v) is 13.2. The van der Waals surface area contributed by atoms with E-state index in [0.29, 0.717) is 6.61 Å². The van der Waals surface area contributed by atoms with Gasteiger partial charge in [0.15, 0.2) is 11.5 Å². The summed E-state index contributed by atoms with van der Waals surface area (Å²) < 4.78 is 13.0. The molecule has 0 amide bonds. The third-order valence-corrected chi connectivity index (χ3v) is 3.89. The van der Waals surface area contributed by atoms with Gasteiger partial charge in [0.2, 0.25) is 0 Å². The van der Waals surface area contributed by atoms with E-state index in [-0.39, 0.29) is 5.60 Å². The molecule has 2 nitrogen and oxygen atoms in total. The summed E-state index contributed by atoms with van der Waals surface area (Å²) in [5.41, 5.74) is 2.23. The Morgan fingerprint density at radius 2 is 1.90 bits per heavy atom. The zero-order chi connectivity index (χ0) is 14.2. The van der Waals surface area contributed by atoms with Gasteiger partial charge < -0.3 is 9.47 Å². The van der Waals surface area contributed by atoms with Crippen LogP contribution in [0.5, 0.6) is 11.5 Å². The van der Waals surface area contributed by atoms with E-state index in [1.54, 1.807) is 0 Å². The third-order valence-electron chi connectivity index (χ3n) is 3.36. The number of hydrogen-bond acceptors (Lipinski definition) is 2. The van der Waals surface area contributed by atoms with E-state index in [4.69, 9.17) is 9.47 Å². The molecule has 0 bridgehead atoms. The highest BCUT2D eigenvalue weighted by molar-refractivity contribution is 9.10. The van der Waals surface area contributed by atoms with Gasteiger partial charge in [-0.15, -0.1) is 0 Å². The Labute approximate surface area is 127 Å². The standard InChI is InChI=1S/C17H17BrO2/c1-17(2)10-13-4-3-5-15(16(13)20-17)19-11-12-6-8-14(18)9-7-12/h3-9H,10-11H2,1-2H3. The topological polar surface area (TPSA) is 18.5 Å². The lowest BCUT2D eigenvalue weighted by Crippen LogP contribution is -2.24. The summed E-state index contributed by atoms with van der Waals surface area (Å²) in [5.74, 6) is 1.73. The molecular formula is C17H17BrO2. The van der Waals surface area contributed by atoms with E-state index in [0.717, 1.165) is 28.0 Å². The Bertz CT molecular complexity index is 617. The van der Waals surface area contributed by atoms with E-state index in [2.05, 4.69) is 48.0 Å². The highest BCUT2D eigenvalue weighted by atomic mass is 79.9. The molecule has 0 fully saturated rings. The molecule has 104 valence electrons. The van der Waals surface area contributed by atoms with Gasteiger partial charge in [0.05, 0.1) is 0 Å². The summed E-state index contributed by atoms with van der Waals surface area (Å²) in [6.07, 6.45) is 0.928. The number of rotatable bonds is 3. The van der Waals surface area contributed by atoms with Crippen LogP contribution in [0.2, 0.25) is 0 Å². The summed E-state index contributed by atoms with van der Waals surface area (Å²) in [6.45, 7) is 4.75. The maximum absolute atomic E-state index is 6.00. The summed E-state index contributed by atoms with van der Waals surface area (Å²) in [6, 6.07) is 14.3. The van der Waals surface area contributed by atoms with Crippen LogP contribution in [0.3, 0.4) is 0 Å². The van der Waals surface area contributed by atoms with Crippen molar-refractivity contribution in [1.82, 2.24) is 0 Å². The number of ether oxygens (including phenoxy) is 2. The molecule has 1 heterocycles. The molecule has 0 radical (unpaired) electrons. The molecule has 0 aromatic heterocycles. The number of halogens is 1. The second kappa shape index (κ2) is 5.13. The lowest BCUT2D eigenvalue weighted by atomic mass is 10.0. The Hall–Kier alpha value is -1.48. The Kier molecular flexibility index (Phi) is 3.47. The Balaban J connectivity index is 1.76. The first kappa shape index (κ1) is 13.5. The quantitative estimate of drug-likeness (QED) is 0.808. The lowest BCUT2D eigenvalue weighted by Gasteiger charge is -2.18. The normalized spacial score (nSPS) is 15.6. The molecule has 2 aromatic carbocycles. The molecular weight excluding hydrogens is 316 g/mol. The molecule has 0 atom stereocenters. The van der Waals surface area contributed by atoms with Crippen LogP contribution in [0.4, 0.5) is 0 Å². The van der Waals surface area contributed by atoms with Gasteiger partial charge >= 0.3 is 0 Å². The fourth-order valence-corrected chi connectivity index (χ4v) is 2.71. The molecule has 0 N–H and O–H groups in total. The van der Waals surface area contributed by atoms with Crippen molar-refractivity contribution in [2.75, 3.05) is 0 Å². The minimum atomic E-state index is -0.139. The molecule has 0 saturated carbocycles. The fourth-order valence-electron chi connectivity index (χ4n) is 2.44. The molecule has 3 rings (SSSR count). The molecule has 3 heteroatoms. The van der Waals surface area contributed by atoms with Crippen molar-refractivity contribution in [3.05, 3.63) is 58.1 Å². The van der Waals surface area contributed by atoms with Crippen molar-refractivity contribution in [3.8, 4) is 11.5 Å². The van der Waals surface area contributed by atoms with Crippen molar-refractivity contribution >= 4 is 15.9 Å². The fraction of sp³-hybridized carbons (Fsp3) is 0.294. The number of fused-ring (bicyclic) bond motifs is 1. The zero-order valence-electron chi connectivity index (χ0n) is 11.7. The molecule has 2 aromatic rings. The van der Waals surface area contributed by atoms with E-state index < -0.39 is 0 Å². The number of para-hydroxylation sites is 1. The first-order valence-corrected chi connectivity index (χ1v) is 7.51. The monoisotopic (exact) mass is 332 g/mol. The van der Waals surface area contributed by atoms with E-state index in [9.17, 15) is 0 Å². The van der Waals surface area contributed by atoms with Crippen molar-refractivity contribution in [3.63, 3.8) is 0 Å². The van der Waals surface area contributed by atoms with Crippen LogP contribution >= 0.6 is 15.9 Å². The summed E-state index contributed by atoms with van der Waals surface area (Å²) >= 11 is 3.43. The summed E-state index contributed by atoms with van der Waals surface area (Å²) in [4.78, 5) is 0. The van der Waals surface area contributed by atoms with Crippen LogP contribution in [0.1, 0.15) is 25.0 Å². The summed E-state index contributed by atoms with van der Waals surface area (Å²) in [7, 11) is 0. The molecule has 1 aliphatic heterocycles.